The Morgan fingerprint density at radius 1 is 0.901 bits per heavy atom. The number of aromatic amines is 1. The fraction of sp³-hybridized carbons (Fsp3) is 0.407. The van der Waals surface area contributed by atoms with Crippen LogP contribution in [0.5, 0.6) is 11.8 Å². The molecule has 418 valence electrons. The Morgan fingerprint density at radius 2 is 1.68 bits per heavy atom. The summed E-state index contributed by atoms with van der Waals surface area (Å²) in [7, 11) is 0. The molecule has 6 atom stereocenters. The summed E-state index contributed by atoms with van der Waals surface area (Å²) in [6.07, 6.45) is 11.9. The van der Waals surface area contributed by atoms with Gasteiger partial charge in [0.1, 0.15) is 48.2 Å². The number of aliphatic hydroxyl groups excluding tert-OH is 2. The van der Waals surface area contributed by atoms with Crippen molar-refractivity contribution in [3.8, 4) is 45.3 Å². The zero-order valence-electron chi connectivity index (χ0n) is 44.7. The van der Waals surface area contributed by atoms with Crippen molar-refractivity contribution in [1.29, 1.82) is 0 Å². The van der Waals surface area contributed by atoms with E-state index in [2.05, 4.69) is 52.1 Å². The summed E-state index contributed by atoms with van der Waals surface area (Å²) in [6, 6.07) is 17.6. The number of amides is 2. The van der Waals surface area contributed by atoms with E-state index in [1.165, 1.54) is 15.9 Å². The minimum atomic E-state index is -0.986. The fourth-order valence-electron chi connectivity index (χ4n) is 12.2. The number of carbonyl (C=O) groups excluding carboxylic acids is 2. The predicted octanol–water partition coefficient (Wildman–Crippen LogP) is 7.77. The van der Waals surface area contributed by atoms with Crippen LogP contribution in [0.3, 0.4) is 0 Å². The summed E-state index contributed by atoms with van der Waals surface area (Å²) < 4.78 is 21.0. The number of hydrogen-bond acceptors (Lipinski definition) is 16. The minimum Gasteiger partial charge on any atom is -0.486 e. The van der Waals surface area contributed by atoms with Crippen LogP contribution in [0.1, 0.15) is 87.1 Å². The van der Waals surface area contributed by atoms with Gasteiger partial charge >= 0.3 is 6.01 Å². The van der Waals surface area contributed by atoms with Crippen molar-refractivity contribution in [2.75, 3.05) is 44.4 Å². The van der Waals surface area contributed by atoms with Gasteiger partial charge in [-0.05, 0) is 65.5 Å². The number of halogens is 2. The summed E-state index contributed by atoms with van der Waals surface area (Å²) in [5.41, 5.74) is 8.48. The van der Waals surface area contributed by atoms with Crippen LogP contribution in [-0.4, -0.2) is 142 Å². The first kappa shape index (κ1) is 53.0. The zero-order valence-corrected chi connectivity index (χ0v) is 46.2. The Morgan fingerprint density at radius 3 is 2.40 bits per heavy atom. The average Bonchev–Trinajstić information content (AvgIpc) is 4.11. The number of fused-ring (bicyclic) bond motifs is 4. The monoisotopic (exact) mass is 1130 g/mol. The number of β-amino-alcohol motifs (C(OH)–C–C–N with tert-alkyl or cyclic N) is 1. The molecule has 4 aromatic heterocycles. The second-order valence-electron chi connectivity index (χ2n) is 22.3. The Hall–Kier alpha value is -7.33. The molecule has 4 aromatic carbocycles. The van der Waals surface area contributed by atoms with E-state index in [9.17, 15) is 19.8 Å². The third-order valence-electron chi connectivity index (χ3n) is 16.5. The molecule has 4 aliphatic heterocycles. The maximum absolute atomic E-state index is 14.6. The number of likely N-dealkylation sites (tertiary alicyclic amines) is 1. The van der Waals surface area contributed by atoms with Gasteiger partial charge in [-0.15, -0.1) is 5.10 Å². The van der Waals surface area contributed by atoms with Crippen LogP contribution in [-0.2, 0) is 20.9 Å². The van der Waals surface area contributed by atoms with Crippen molar-refractivity contribution in [3.05, 3.63) is 119 Å². The number of benzene rings is 4. The van der Waals surface area contributed by atoms with Gasteiger partial charge in [0.2, 0.25) is 11.8 Å². The average molecular weight is 1140 g/mol. The molecule has 81 heavy (non-hydrogen) atoms. The first-order valence-electron chi connectivity index (χ1n) is 27.8. The first-order valence-corrected chi connectivity index (χ1v) is 28.5. The molecule has 8 aromatic rings. The Balaban J connectivity index is 0.785. The number of nitrogens with zero attached hydrogens (tertiary/aromatic N) is 10. The van der Waals surface area contributed by atoms with Crippen molar-refractivity contribution in [3.63, 3.8) is 0 Å². The Kier molecular flexibility index (Phi) is 14.5. The van der Waals surface area contributed by atoms with Crippen molar-refractivity contribution >= 4 is 62.6 Å². The molecular weight excluding hydrogens is 1070 g/mol. The van der Waals surface area contributed by atoms with E-state index in [-0.39, 0.29) is 62.1 Å². The van der Waals surface area contributed by atoms with Crippen LogP contribution in [0.25, 0.3) is 55.3 Å². The molecule has 5 aliphatic rings. The van der Waals surface area contributed by atoms with Gasteiger partial charge in [-0.2, -0.15) is 15.1 Å². The summed E-state index contributed by atoms with van der Waals surface area (Å²) in [5, 5.41) is 46.9. The maximum Gasteiger partial charge on any atom is 0.319 e. The number of ether oxygens (including phenoxy) is 3. The topological polar surface area (TPSA) is 244 Å². The van der Waals surface area contributed by atoms with Gasteiger partial charge in [0, 0.05) is 96.4 Å². The normalized spacial score (nSPS) is 20.9. The summed E-state index contributed by atoms with van der Waals surface area (Å²) >= 11 is 14.2. The van der Waals surface area contributed by atoms with Crippen LogP contribution in [0.4, 0.5) is 5.82 Å². The summed E-state index contributed by atoms with van der Waals surface area (Å²) in [4.78, 5) is 51.1. The van der Waals surface area contributed by atoms with Crippen molar-refractivity contribution in [1.82, 2.24) is 60.7 Å². The van der Waals surface area contributed by atoms with Crippen molar-refractivity contribution in [2.24, 2.45) is 5.92 Å². The number of aliphatic hydroxyl groups is 2. The van der Waals surface area contributed by atoms with Crippen molar-refractivity contribution < 1.29 is 34.0 Å². The standard InChI is InChI=1S/C59H61Cl2N13O7/c1-31(2)54(58(78)73-26-40(76)18-49(73)57(77)66-48(28-75)36-11-7-33(8-12-36)37-21-62-30-63-22-37)74-27-47(70-71-74)35-5-3-32(4-6-35)29-80-55-51(50-44-24-65-69-46(44)20-45(60)52(50)61)42(34-9-10-34)19-43-53(55)67-59(81-41-13-15-79-16-14-41)68-56(43)72-25-38-17-39(72)23-64-38/h3-8,11-12,19-22,24,27,30-31,34,38-41,48-49,54,64,75-76H,9-10,13-18,23,25-26,28-29H2,1-2H3,(H,65,69)(H,66,77)/t38-,39-,40+,48-,49-,54-/m0/s1. The third kappa shape index (κ3) is 10.4. The first-order chi connectivity index (χ1) is 39.5. The van der Waals surface area contributed by atoms with E-state index in [0.717, 1.165) is 101 Å². The lowest BCUT2D eigenvalue weighted by Gasteiger charge is -2.31. The number of hydrogen-bond donors (Lipinski definition) is 5. The number of H-pyrrole nitrogens is 1. The highest BCUT2D eigenvalue weighted by molar-refractivity contribution is 6.45. The minimum absolute atomic E-state index is 0.0381. The molecule has 0 spiro atoms. The Bertz CT molecular complexity index is 3630. The molecule has 22 heteroatoms. The molecular formula is C59H61Cl2N13O7. The molecule has 8 heterocycles. The number of rotatable bonds is 17. The van der Waals surface area contributed by atoms with E-state index in [0.29, 0.717) is 57.4 Å². The van der Waals surface area contributed by atoms with Crippen LogP contribution < -0.4 is 25.0 Å². The van der Waals surface area contributed by atoms with Gasteiger partial charge in [0.05, 0.1) is 59.9 Å². The lowest BCUT2D eigenvalue weighted by atomic mass is 9.91. The lowest BCUT2D eigenvalue weighted by molar-refractivity contribution is -0.142. The Labute approximate surface area is 476 Å². The van der Waals surface area contributed by atoms with Crippen LogP contribution >= 0.6 is 23.2 Å². The predicted molar refractivity (Wildman–Crippen MR) is 304 cm³/mol. The molecule has 1 aliphatic carbocycles. The van der Waals surface area contributed by atoms with Gasteiger partial charge in [0.15, 0.2) is 5.75 Å². The number of anilines is 1. The summed E-state index contributed by atoms with van der Waals surface area (Å²) in [5.74, 6) is 0.476. The van der Waals surface area contributed by atoms with Crippen LogP contribution in [0, 0.1) is 5.92 Å². The molecule has 0 radical (unpaired) electrons. The van der Waals surface area contributed by atoms with Crippen molar-refractivity contribution in [2.45, 2.75) is 107 Å². The van der Waals surface area contributed by atoms with Crippen LogP contribution in [0.15, 0.2) is 91.8 Å². The van der Waals surface area contributed by atoms with Gasteiger partial charge in [-0.1, -0.05) is 90.8 Å². The number of aromatic nitrogens is 9. The highest BCUT2D eigenvalue weighted by Crippen LogP contribution is 2.55. The second kappa shape index (κ2) is 22.2. The second-order valence-corrected chi connectivity index (χ2v) is 23.1. The molecule has 4 saturated heterocycles. The van der Waals surface area contributed by atoms with Gasteiger partial charge in [-0.25, -0.2) is 14.6 Å². The lowest BCUT2D eigenvalue weighted by Crippen LogP contribution is -2.50. The third-order valence-corrected chi connectivity index (χ3v) is 17.3. The zero-order chi connectivity index (χ0) is 55.5. The van der Waals surface area contributed by atoms with E-state index in [4.69, 9.17) is 47.4 Å². The number of piperazine rings is 1. The van der Waals surface area contributed by atoms with E-state index in [1.807, 2.05) is 62.4 Å². The summed E-state index contributed by atoms with van der Waals surface area (Å²) in [6.45, 7) is 6.42. The molecule has 1 saturated carbocycles. The van der Waals surface area contributed by atoms with Gasteiger partial charge < -0.3 is 44.9 Å². The van der Waals surface area contributed by atoms with Crippen LogP contribution in [0.2, 0.25) is 10.0 Å². The molecule has 20 nitrogen and oxygen atoms in total. The quantitative estimate of drug-likeness (QED) is 0.0585. The molecule has 2 bridgehead atoms. The number of nitrogens with one attached hydrogen (secondary N) is 3. The molecule has 0 unspecified atom stereocenters. The molecule has 5 fully saturated rings. The largest absolute Gasteiger partial charge is 0.486 e. The molecule has 13 rings (SSSR count). The van der Waals surface area contributed by atoms with E-state index < -0.39 is 30.1 Å². The highest BCUT2D eigenvalue weighted by atomic mass is 35.5. The van der Waals surface area contributed by atoms with E-state index in [1.54, 1.807) is 30.9 Å². The SMILES string of the molecule is CC(C)[C@@H](C(=O)N1C[C@H](O)C[C@H]1C(=O)N[C@@H](CO)c1ccc(-c2cncnc2)cc1)n1cc(-c2ccc(COc3c(-c4c(Cl)c(Cl)cc5[nH]ncc45)c(C4CC4)cc4c(N5C[C@@H]6C[C@H]5CN6)nc(OC5CCOCC5)nc34)cc2)nn1. The van der Waals surface area contributed by atoms with Gasteiger partial charge in [0.25, 0.3) is 0 Å². The number of carbonyl (C=O) groups is 2. The maximum atomic E-state index is 14.6. The smallest absolute Gasteiger partial charge is 0.319 e. The fourth-order valence-corrected chi connectivity index (χ4v) is 12.6. The molecule has 2 amide bonds. The highest BCUT2D eigenvalue weighted by Gasteiger charge is 2.44. The van der Waals surface area contributed by atoms with E-state index >= 15 is 0 Å². The van der Waals surface area contributed by atoms with Gasteiger partial charge in [-0.3, -0.25) is 14.7 Å². The molecule has 5 N–H and O–H groups in total.